The van der Waals surface area contributed by atoms with Crippen molar-refractivity contribution in [1.82, 2.24) is 19.5 Å². The number of nitrogens with zero attached hydrogens (tertiary/aromatic N) is 4. The smallest absolute Gasteiger partial charge is 0.350 e. The summed E-state index contributed by atoms with van der Waals surface area (Å²) in [5, 5.41) is 6.38. The summed E-state index contributed by atoms with van der Waals surface area (Å²) < 4.78 is 41.6. The Kier molecular flexibility index (Phi) is 6.22. The molecule has 0 bridgehead atoms. The van der Waals surface area contributed by atoms with Gasteiger partial charge in [0.1, 0.15) is 5.52 Å². The first kappa shape index (κ1) is 23.3. The first-order valence-electron chi connectivity index (χ1n) is 11.2. The van der Waals surface area contributed by atoms with Gasteiger partial charge in [-0.1, -0.05) is 6.07 Å². The minimum absolute atomic E-state index is 0.114. The Labute approximate surface area is 191 Å². The summed E-state index contributed by atoms with van der Waals surface area (Å²) in [6, 6.07) is 5.24. The lowest BCUT2D eigenvalue weighted by Crippen LogP contribution is -2.27. The van der Waals surface area contributed by atoms with Crippen molar-refractivity contribution in [2.45, 2.75) is 64.2 Å². The predicted octanol–water partition coefficient (Wildman–Crippen LogP) is 5.49. The number of anilines is 3. The van der Waals surface area contributed by atoms with Crippen molar-refractivity contribution >= 4 is 28.7 Å². The van der Waals surface area contributed by atoms with Gasteiger partial charge in [0.25, 0.3) is 0 Å². The number of hydrogen-bond donors (Lipinski definition) is 3. The normalized spacial score (nSPS) is 19.6. The number of hydrogen-bond acceptors (Lipinski definition) is 6. The van der Waals surface area contributed by atoms with Crippen LogP contribution in [0.15, 0.2) is 30.5 Å². The van der Waals surface area contributed by atoms with Crippen LogP contribution in [0.1, 0.15) is 58.1 Å². The van der Waals surface area contributed by atoms with E-state index in [0.717, 1.165) is 37.8 Å². The number of nitrogens with one attached hydrogen (secondary N) is 2. The molecule has 10 heteroatoms. The van der Waals surface area contributed by atoms with E-state index in [0.29, 0.717) is 41.2 Å². The van der Waals surface area contributed by atoms with Crippen LogP contribution in [0.25, 0.3) is 11.2 Å². The average molecular weight is 462 g/mol. The van der Waals surface area contributed by atoms with Gasteiger partial charge in [-0.05, 0) is 77.1 Å². The Bertz CT molecular complexity index is 1110. The number of nitrogens with two attached hydrogens (primary N) is 1. The fourth-order valence-electron chi connectivity index (χ4n) is 4.26. The SMILES string of the molecule is CC(C)(C)Nc1ncc2nc(Nc3cccc(C(F)(F)F)c3)n(C3CCC(CN)CC3)c2n1. The standard InChI is InChI=1S/C23H30F3N7/c1-22(2,3)32-20-28-13-18-19(31-20)33(17-9-7-14(12-27)8-10-17)21(30-18)29-16-6-4-5-15(11-16)23(24,25)26/h4-6,11,13-14,17H,7-10,12,27H2,1-3H3,(H,29,30)(H,28,31,32). The fourth-order valence-corrected chi connectivity index (χ4v) is 4.26. The van der Waals surface area contributed by atoms with Gasteiger partial charge in [0.15, 0.2) is 5.65 Å². The highest BCUT2D eigenvalue weighted by Crippen LogP contribution is 2.37. The summed E-state index contributed by atoms with van der Waals surface area (Å²) in [5.74, 6) is 1.43. The molecule has 4 rings (SSSR count). The van der Waals surface area contributed by atoms with Crippen LogP contribution >= 0.6 is 0 Å². The number of halogens is 3. The van der Waals surface area contributed by atoms with E-state index >= 15 is 0 Å². The number of alkyl halides is 3. The maximum atomic E-state index is 13.2. The van der Waals surface area contributed by atoms with E-state index in [1.54, 1.807) is 12.3 Å². The topological polar surface area (TPSA) is 93.7 Å². The quantitative estimate of drug-likeness (QED) is 0.465. The highest BCUT2D eigenvalue weighted by atomic mass is 19.4. The second kappa shape index (κ2) is 8.81. The van der Waals surface area contributed by atoms with Crippen LogP contribution in [0.5, 0.6) is 0 Å². The van der Waals surface area contributed by atoms with Gasteiger partial charge in [-0.25, -0.2) is 9.97 Å². The Morgan fingerprint density at radius 1 is 1.09 bits per heavy atom. The zero-order chi connectivity index (χ0) is 23.8. The lowest BCUT2D eigenvalue weighted by atomic mass is 9.86. The first-order chi connectivity index (χ1) is 15.5. The highest BCUT2D eigenvalue weighted by Gasteiger charge is 2.31. The molecular formula is C23H30F3N7. The van der Waals surface area contributed by atoms with E-state index in [-0.39, 0.29) is 11.6 Å². The molecule has 3 aromatic rings. The highest BCUT2D eigenvalue weighted by molar-refractivity contribution is 5.76. The van der Waals surface area contributed by atoms with Gasteiger partial charge in [-0.3, -0.25) is 4.57 Å². The molecular weight excluding hydrogens is 431 g/mol. The van der Waals surface area contributed by atoms with Crippen LogP contribution in [-0.4, -0.2) is 31.6 Å². The summed E-state index contributed by atoms with van der Waals surface area (Å²) >= 11 is 0. The molecule has 0 spiro atoms. The molecule has 0 unspecified atom stereocenters. The molecule has 2 heterocycles. The van der Waals surface area contributed by atoms with Crippen molar-refractivity contribution in [2.24, 2.45) is 11.7 Å². The molecule has 0 aliphatic heterocycles. The van der Waals surface area contributed by atoms with Gasteiger partial charge in [0.2, 0.25) is 11.9 Å². The summed E-state index contributed by atoms with van der Waals surface area (Å²) in [6.07, 6.45) is 1.00. The molecule has 1 aliphatic carbocycles. The van der Waals surface area contributed by atoms with E-state index in [2.05, 4.69) is 20.6 Å². The third kappa shape index (κ3) is 5.38. The molecule has 178 valence electrons. The molecule has 0 saturated heterocycles. The molecule has 7 nitrogen and oxygen atoms in total. The van der Waals surface area contributed by atoms with Gasteiger partial charge in [-0.2, -0.15) is 18.2 Å². The summed E-state index contributed by atoms with van der Waals surface area (Å²) in [6.45, 7) is 6.72. The Balaban J connectivity index is 1.75. The van der Waals surface area contributed by atoms with Crippen LogP contribution in [0.2, 0.25) is 0 Å². The van der Waals surface area contributed by atoms with E-state index < -0.39 is 11.7 Å². The third-order valence-electron chi connectivity index (χ3n) is 5.88. The molecule has 1 aliphatic rings. The Morgan fingerprint density at radius 2 is 1.82 bits per heavy atom. The van der Waals surface area contributed by atoms with Crippen molar-refractivity contribution in [3.63, 3.8) is 0 Å². The monoisotopic (exact) mass is 461 g/mol. The number of aromatic nitrogens is 4. The van der Waals surface area contributed by atoms with Crippen LogP contribution in [0.4, 0.5) is 30.8 Å². The first-order valence-corrected chi connectivity index (χ1v) is 11.2. The zero-order valence-corrected chi connectivity index (χ0v) is 19.1. The van der Waals surface area contributed by atoms with Crippen LogP contribution in [-0.2, 0) is 6.18 Å². The maximum absolute atomic E-state index is 13.2. The molecule has 1 saturated carbocycles. The molecule has 0 amide bonds. The van der Waals surface area contributed by atoms with Gasteiger partial charge in [-0.15, -0.1) is 0 Å². The second-order valence-electron chi connectivity index (χ2n) is 9.70. The lowest BCUT2D eigenvalue weighted by Gasteiger charge is -2.30. The summed E-state index contributed by atoms with van der Waals surface area (Å²) in [5.41, 5.74) is 6.49. The van der Waals surface area contributed by atoms with Crippen LogP contribution in [0, 0.1) is 5.92 Å². The minimum atomic E-state index is -4.42. The van der Waals surface area contributed by atoms with Gasteiger partial charge < -0.3 is 16.4 Å². The second-order valence-corrected chi connectivity index (χ2v) is 9.70. The third-order valence-corrected chi connectivity index (χ3v) is 5.88. The minimum Gasteiger partial charge on any atom is -0.350 e. The summed E-state index contributed by atoms with van der Waals surface area (Å²) in [7, 11) is 0. The van der Waals surface area contributed by atoms with Crippen molar-refractivity contribution in [3.05, 3.63) is 36.0 Å². The zero-order valence-electron chi connectivity index (χ0n) is 19.1. The van der Waals surface area contributed by atoms with Crippen molar-refractivity contribution < 1.29 is 13.2 Å². The average Bonchev–Trinajstić information content (AvgIpc) is 3.09. The van der Waals surface area contributed by atoms with Gasteiger partial charge in [0.05, 0.1) is 11.8 Å². The lowest BCUT2D eigenvalue weighted by molar-refractivity contribution is -0.137. The molecule has 4 N–H and O–H groups in total. The van der Waals surface area contributed by atoms with Crippen LogP contribution in [0.3, 0.4) is 0 Å². The molecule has 0 radical (unpaired) electrons. The van der Waals surface area contributed by atoms with Gasteiger partial charge in [0, 0.05) is 17.3 Å². The number of rotatable bonds is 5. The Morgan fingerprint density at radius 3 is 2.45 bits per heavy atom. The number of fused-ring (bicyclic) bond motifs is 1. The molecule has 0 atom stereocenters. The van der Waals surface area contributed by atoms with Gasteiger partial charge >= 0.3 is 6.18 Å². The molecule has 1 fully saturated rings. The van der Waals surface area contributed by atoms with Crippen molar-refractivity contribution in [3.8, 4) is 0 Å². The molecule has 2 aromatic heterocycles. The van der Waals surface area contributed by atoms with Crippen molar-refractivity contribution in [1.29, 1.82) is 0 Å². The predicted molar refractivity (Wildman–Crippen MR) is 123 cm³/mol. The van der Waals surface area contributed by atoms with E-state index in [9.17, 15) is 13.2 Å². The summed E-state index contributed by atoms with van der Waals surface area (Å²) in [4.78, 5) is 13.8. The van der Waals surface area contributed by atoms with Crippen molar-refractivity contribution in [2.75, 3.05) is 17.2 Å². The number of imidazole rings is 1. The largest absolute Gasteiger partial charge is 0.416 e. The van der Waals surface area contributed by atoms with E-state index in [1.165, 1.54) is 6.07 Å². The molecule has 1 aromatic carbocycles. The van der Waals surface area contributed by atoms with E-state index in [1.807, 2.05) is 25.3 Å². The maximum Gasteiger partial charge on any atom is 0.416 e. The molecule has 33 heavy (non-hydrogen) atoms. The van der Waals surface area contributed by atoms with Crippen LogP contribution < -0.4 is 16.4 Å². The number of benzene rings is 1. The fraction of sp³-hybridized carbons (Fsp3) is 0.522. The van der Waals surface area contributed by atoms with E-state index in [4.69, 9.17) is 10.7 Å². The Hall–Kier alpha value is -2.88.